The third-order valence-corrected chi connectivity index (χ3v) is 4.18. The summed E-state index contributed by atoms with van der Waals surface area (Å²) in [5, 5.41) is 9.11. The minimum absolute atomic E-state index is 0.423. The van der Waals surface area contributed by atoms with Gasteiger partial charge >= 0.3 is 0 Å². The van der Waals surface area contributed by atoms with Crippen molar-refractivity contribution in [3.8, 4) is 0 Å². The Labute approximate surface area is 121 Å². The van der Waals surface area contributed by atoms with Gasteiger partial charge in [-0.25, -0.2) is 0 Å². The molecule has 0 aliphatic heterocycles. The van der Waals surface area contributed by atoms with E-state index in [0.29, 0.717) is 18.1 Å². The van der Waals surface area contributed by atoms with Crippen molar-refractivity contribution < 1.29 is 9.05 Å². The zero-order valence-corrected chi connectivity index (χ0v) is 11.6. The molecule has 2 aromatic heterocycles. The van der Waals surface area contributed by atoms with Crippen molar-refractivity contribution in [2.45, 2.75) is 37.6 Å². The maximum absolute atomic E-state index is 6.34. The number of rotatable bonds is 3. The van der Waals surface area contributed by atoms with Gasteiger partial charge < -0.3 is 14.8 Å². The first-order valence-corrected chi connectivity index (χ1v) is 7.20. The average molecular weight is 284 g/mol. The van der Waals surface area contributed by atoms with Gasteiger partial charge in [0.15, 0.2) is 11.4 Å². The predicted octanol–water partition coefficient (Wildman–Crippen LogP) is 2.53. The smallest absolute Gasteiger partial charge is 0.232 e. The fourth-order valence-electron chi connectivity index (χ4n) is 2.97. The zero-order chi connectivity index (χ0) is 14.3. The molecule has 0 bridgehead atoms. The van der Waals surface area contributed by atoms with Gasteiger partial charge in [0, 0.05) is 5.39 Å². The van der Waals surface area contributed by atoms with Crippen LogP contribution in [0.3, 0.4) is 0 Å². The van der Waals surface area contributed by atoms with E-state index in [2.05, 4.69) is 15.3 Å². The number of nitrogens with zero attached hydrogens (tertiary/aromatic N) is 3. The molecule has 1 aliphatic rings. The Morgan fingerprint density at radius 3 is 2.76 bits per heavy atom. The Morgan fingerprint density at radius 2 is 1.90 bits per heavy atom. The maximum Gasteiger partial charge on any atom is 0.232 e. The van der Waals surface area contributed by atoms with E-state index in [0.717, 1.165) is 42.3 Å². The number of hydrogen-bond acceptors (Lipinski definition) is 6. The molecule has 1 saturated carbocycles. The Balaban J connectivity index is 1.62. The second-order valence-corrected chi connectivity index (χ2v) is 5.68. The largest absolute Gasteiger partial charge is 0.356 e. The molecule has 6 nitrogen and oxygen atoms in total. The lowest BCUT2D eigenvalue weighted by molar-refractivity contribution is 0.350. The average Bonchev–Trinajstić information content (AvgIpc) is 3.21. The first-order chi connectivity index (χ1) is 10.2. The number of para-hydroxylation sites is 1. The minimum atomic E-state index is -0.423. The monoisotopic (exact) mass is 284 g/mol. The quantitative estimate of drug-likeness (QED) is 0.794. The molecular formula is C15H16N4O2. The molecular weight excluding hydrogens is 268 g/mol. The fraction of sp³-hybridized carbons (Fsp3) is 0.400. The molecule has 1 fully saturated rings. The van der Waals surface area contributed by atoms with Crippen molar-refractivity contribution in [3.63, 3.8) is 0 Å². The summed E-state index contributed by atoms with van der Waals surface area (Å²) in [7, 11) is 0. The van der Waals surface area contributed by atoms with E-state index >= 15 is 0 Å². The van der Waals surface area contributed by atoms with E-state index in [-0.39, 0.29) is 0 Å². The molecule has 0 spiro atoms. The van der Waals surface area contributed by atoms with Crippen molar-refractivity contribution in [2.75, 3.05) is 0 Å². The summed E-state index contributed by atoms with van der Waals surface area (Å²) >= 11 is 0. The van der Waals surface area contributed by atoms with E-state index in [1.807, 2.05) is 24.3 Å². The molecule has 3 aromatic rings. The standard InChI is InChI=1S/C15H16N4O2/c16-15(7-3-4-8-15)14-17-13(21-19-14)9-11-10-5-1-2-6-12(10)20-18-11/h1-2,5-6H,3-4,7-9,16H2. The summed E-state index contributed by atoms with van der Waals surface area (Å²) in [5.74, 6) is 1.14. The number of fused-ring (bicyclic) bond motifs is 1. The highest BCUT2D eigenvalue weighted by atomic mass is 16.5. The van der Waals surface area contributed by atoms with E-state index < -0.39 is 5.54 Å². The van der Waals surface area contributed by atoms with E-state index in [1.165, 1.54) is 0 Å². The predicted molar refractivity (Wildman–Crippen MR) is 75.4 cm³/mol. The van der Waals surface area contributed by atoms with Crippen LogP contribution >= 0.6 is 0 Å². The van der Waals surface area contributed by atoms with Gasteiger partial charge in [-0.1, -0.05) is 35.3 Å². The van der Waals surface area contributed by atoms with Crippen LogP contribution in [0.2, 0.25) is 0 Å². The van der Waals surface area contributed by atoms with Crippen LogP contribution in [0.25, 0.3) is 11.0 Å². The Kier molecular flexibility index (Phi) is 2.78. The van der Waals surface area contributed by atoms with Crippen molar-refractivity contribution in [1.29, 1.82) is 0 Å². The van der Waals surface area contributed by atoms with Crippen LogP contribution in [0.4, 0.5) is 0 Å². The molecule has 1 aliphatic carbocycles. The summed E-state index contributed by atoms with van der Waals surface area (Å²) in [4.78, 5) is 4.46. The van der Waals surface area contributed by atoms with Crippen LogP contribution < -0.4 is 5.73 Å². The van der Waals surface area contributed by atoms with Crippen LogP contribution in [-0.4, -0.2) is 15.3 Å². The molecule has 4 rings (SSSR count). The Morgan fingerprint density at radius 1 is 1.10 bits per heavy atom. The number of aromatic nitrogens is 3. The molecule has 0 saturated heterocycles. The fourth-order valence-corrected chi connectivity index (χ4v) is 2.97. The first-order valence-electron chi connectivity index (χ1n) is 7.20. The third kappa shape index (κ3) is 2.12. The summed E-state index contributed by atoms with van der Waals surface area (Å²) in [5.41, 5.74) is 7.48. The van der Waals surface area contributed by atoms with Gasteiger partial charge in [0.05, 0.1) is 12.0 Å². The van der Waals surface area contributed by atoms with Crippen molar-refractivity contribution in [3.05, 3.63) is 41.7 Å². The van der Waals surface area contributed by atoms with Crippen LogP contribution in [0.15, 0.2) is 33.3 Å². The van der Waals surface area contributed by atoms with Crippen molar-refractivity contribution in [1.82, 2.24) is 15.3 Å². The molecule has 0 amide bonds. The van der Waals surface area contributed by atoms with Crippen LogP contribution in [0.5, 0.6) is 0 Å². The lowest BCUT2D eigenvalue weighted by Crippen LogP contribution is -2.34. The third-order valence-electron chi connectivity index (χ3n) is 4.18. The highest BCUT2D eigenvalue weighted by molar-refractivity contribution is 5.79. The number of nitrogens with two attached hydrogens (primary N) is 1. The van der Waals surface area contributed by atoms with Gasteiger partial charge in [-0.15, -0.1) is 0 Å². The summed E-state index contributed by atoms with van der Waals surface area (Å²) in [6.45, 7) is 0. The van der Waals surface area contributed by atoms with Crippen LogP contribution in [0, 0.1) is 0 Å². The van der Waals surface area contributed by atoms with E-state index in [4.69, 9.17) is 14.8 Å². The second kappa shape index (κ2) is 4.66. The molecule has 2 heterocycles. The Hall–Kier alpha value is -2.21. The van der Waals surface area contributed by atoms with Crippen molar-refractivity contribution >= 4 is 11.0 Å². The van der Waals surface area contributed by atoms with E-state index in [9.17, 15) is 0 Å². The van der Waals surface area contributed by atoms with Gasteiger partial charge in [-0.05, 0) is 25.0 Å². The van der Waals surface area contributed by atoms with Gasteiger partial charge in [-0.2, -0.15) is 4.98 Å². The molecule has 6 heteroatoms. The molecule has 108 valence electrons. The molecule has 0 atom stereocenters. The van der Waals surface area contributed by atoms with Crippen LogP contribution in [0.1, 0.15) is 43.1 Å². The second-order valence-electron chi connectivity index (χ2n) is 5.68. The molecule has 0 radical (unpaired) electrons. The minimum Gasteiger partial charge on any atom is -0.356 e. The Bertz CT molecular complexity index is 771. The van der Waals surface area contributed by atoms with E-state index in [1.54, 1.807) is 0 Å². The van der Waals surface area contributed by atoms with Crippen molar-refractivity contribution in [2.24, 2.45) is 5.73 Å². The molecule has 2 N–H and O–H groups in total. The topological polar surface area (TPSA) is 91.0 Å². The van der Waals surface area contributed by atoms with Crippen LogP contribution in [-0.2, 0) is 12.0 Å². The summed E-state index contributed by atoms with van der Waals surface area (Å²) in [6, 6.07) is 7.73. The SMILES string of the molecule is NC1(c2noc(Cc3noc4ccccc34)n2)CCCC1. The summed E-state index contributed by atoms with van der Waals surface area (Å²) in [6.07, 6.45) is 4.53. The van der Waals surface area contributed by atoms with Gasteiger partial charge in [0.2, 0.25) is 5.89 Å². The highest BCUT2D eigenvalue weighted by Gasteiger charge is 2.36. The summed E-state index contributed by atoms with van der Waals surface area (Å²) < 4.78 is 10.6. The maximum atomic E-state index is 6.34. The lowest BCUT2D eigenvalue weighted by atomic mass is 9.99. The highest BCUT2D eigenvalue weighted by Crippen LogP contribution is 2.34. The lowest BCUT2D eigenvalue weighted by Gasteiger charge is -2.17. The molecule has 1 aromatic carbocycles. The van der Waals surface area contributed by atoms with Gasteiger partial charge in [-0.3, -0.25) is 0 Å². The molecule has 0 unspecified atom stereocenters. The normalized spacial score (nSPS) is 17.6. The van der Waals surface area contributed by atoms with Gasteiger partial charge in [0.25, 0.3) is 0 Å². The number of hydrogen-bond donors (Lipinski definition) is 1. The van der Waals surface area contributed by atoms with Gasteiger partial charge in [0.1, 0.15) is 5.69 Å². The number of benzene rings is 1. The first kappa shape index (κ1) is 12.5. The zero-order valence-electron chi connectivity index (χ0n) is 11.6. The molecule has 21 heavy (non-hydrogen) atoms.